The summed E-state index contributed by atoms with van der Waals surface area (Å²) in [6.07, 6.45) is 6.87. The molecule has 3 nitrogen and oxygen atoms in total. The van der Waals surface area contributed by atoms with E-state index in [0.29, 0.717) is 18.6 Å². The molecule has 0 spiro atoms. The first-order chi connectivity index (χ1) is 9.36. The summed E-state index contributed by atoms with van der Waals surface area (Å²) in [5.41, 5.74) is 2.50. The number of nitrogens with one attached hydrogen (secondary N) is 2. The largest absolute Gasteiger partial charge is 0.396 e. The van der Waals surface area contributed by atoms with Crippen molar-refractivity contribution < 1.29 is 5.11 Å². The second-order valence-corrected chi connectivity index (χ2v) is 5.61. The molecule has 0 radical (unpaired) electrons. The first kappa shape index (κ1) is 12.7. The van der Waals surface area contributed by atoms with Crippen molar-refractivity contribution in [2.45, 2.75) is 38.3 Å². The highest BCUT2D eigenvalue weighted by Gasteiger charge is 2.23. The van der Waals surface area contributed by atoms with Crippen LogP contribution < -0.4 is 5.32 Å². The van der Waals surface area contributed by atoms with Crippen molar-refractivity contribution in [2.24, 2.45) is 5.92 Å². The van der Waals surface area contributed by atoms with Gasteiger partial charge in [0.15, 0.2) is 0 Å². The van der Waals surface area contributed by atoms with Crippen LogP contribution in [-0.2, 0) is 6.54 Å². The third-order valence-electron chi connectivity index (χ3n) is 4.33. The van der Waals surface area contributed by atoms with Gasteiger partial charge < -0.3 is 15.4 Å². The van der Waals surface area contributed by atoms with Gasteiger partial charge in [0.05, 0.1) is 0 Å². The highest BCUT2D eigenvalue weighted by molar-refractivity contribution is 5.79. The Hall–Kier alpha value is -1.32. The number of aliphatic hydroxyl groups is 1. The first-order valence-corrected chi connectivity index (χ1v) is 7.27. The monoisotopic (exact) mass is 258 g/mol. The van der Waals surface area contributed by atoms with E-state index in [1.165, 1.54) is 35.7 Å². The van der Waals surface area contributed by atoms with E-state index in [1.807, 2.05) is 6.20 Å². The fourth-order valence-electron chi connectivity index (χ4n) is 3.16. The van der Waals surface area contributed by atoms with Gasteiger partial charge >= 0.3 is 0 Å². The molecular formula is C16H22N2O. The van der Waals surface area contributed by atoms with Crippen molar-refractivity contribution in [3.63, 3.8) is 0 Å². The number of aromatic amines is 1. The van der Waals surface area contributed by atoms with E-state index in [4.69, 9.17) is 0 Å². The molecule has 1 aliphatic rings. The predicted molar refractivity (Wildman–Crippen MR) is 78.0 cm³/mol. The van der Waals surface area contributed by atoms with Crippen molar-refractivity contribution in [1.29, 1.82) is 0 Å². The molecular weight excluding hydrogens is 236 g/mol. The van der Waals surface area contributed by atoms with E-state index >= 15 is 0 Å². The Kier molecular flexibility index (Phi) is 3.85. The van der Waals surface area contributed by atoms with Crippen LogP contribution in [0, 0.1) is 5.92 Å². The zero-order chi connectivity index (χ0) is 13.1. The average Bonchev–Trinajstić information content (AvgIpc) is 2.93. The summed E-state index contributed by atoms with van der Waals surface area (Å²) in [4.78, 5) is 3.21. The lowest BCUT2D eigenvalue weighted by Gasteiger charge is -2.31. The van der Waals surface area contributed by atoms with Crippen molar-refractivity contribution in [3.8, 4) is 0 Å². The fraction of sp³-hybridized carbons (Fsp3) is 0.500. The summed E-state index contributed by atoms with van der Waals surface area (Å²) in [7, 11) is 0. The lowest BCUT2D eigenvalue weighted by Crippen LogP contribution is -2.39. The Balaban J connectivity index is 1.64. The molecule has 2 aromatic rings. The first-order valence-electron chi connectivity index (χ1n) is 7.27. The normalized spacial score (nSPS) is 23.8. The zero-order valence-corrected chi connectivity index (χ0v) is 11.2. The van der Waals surface area contributed by atoms with Crippen molar-refractivity contribution in [1.82, 2.24) is 10.3 Å². The van der Waals surface area contributed by atoms with E-state index in [0.717, 1.165) is 13.0 Å². The van der Waals surface area contributed by atoms with Crippen LogP contribution in [0.2, 0.25) is 0 Å². The fourth-order valence-corrected chi connectivity index (χ4v) is 3.16. The molecule has 1 aromatic carbocycles. The molecule has 19 heavy (non-hydrogen) atoms. The molecule has 0 bridgehead atoms. The Bertz CT molecular complexity index is 534. The molecule has 1 heterocycles. The number of aliphatic hydroxyl groups excluding tert-OH is 1. The second kappa shape index (κ2) is 5.76. The van der Waals surface area contributed by atoms with Crippen LogP contribution in [0.5, 0.6) is 0 Å². The van der Waals surface area contributed by atoms with Gasteiger partial charge in [-0.2, -0.15) is 0 Å². The van der Waals surface area contributed by atoms with E-state index in [1.54, 1.807) is 0 Å². The molecule has 3 rings (SSSR count). The topological polar surface area (TPSA) is 48.0 Å². The number of aromatic nitrogens is 1. The molecule has 1 aliphatic carbocycles. The van der Waals surface area contributed by atoms with Crippen LogP contribution >= 0.6 is 0 Å². The van der Waals surface area contributed by atoms with Crippen LogP contribution in [0.4, 0.5) is 0 Å². The van der Waals surface area contributed by atoms with Crippen molar-refractivity contribution in [3.05, 3.63) is 36.0 Å². The van der Waals surface area contributed by atoms with Crippen LogP contribution in [0.1, 0.15) is 31.2 Å². The number of rotatable bonds is 4. The molecule has 1 aromatic heterocycles. The van der Waals surface area contributed by atoms with Gasteiger partial charge in [0.2, 0.25) is 0 Å². The molecule has 1 fully saturated rings. The Morgan fingerprint density at radius 2 is 2.11 bits per heavy atom. The van der Waals surface area contributed by atoms with Gasteiger partial charge in [0.25, 0.3) is 0 Å². The van der Waals surface area contributed by atoms with Gasteiger partial charge in [0.1, 0.15) is 0 Å². The van der Waals surface area contributed by atoms with Gasteiger partial charge in [-0.1, -0.05) is 18.9 Å². The van der Waals surface area contributed by atoms with Crippen LogP contribution in [0.25, 0.3) is 10.9 Å². The maximum Gasteiger partial charge on any atom is 0.0474 e. The van der Waals surface area contributed by atoms with Gasteiger partial charge in [-0.25, -0.2) is 0 Å². The third-order valence-corrected chi connectivity index (χ3v) is 4.33. The van der Waals surface area contributed by atoms with Crippen LogP contribution in [0.15, 0.2) is 30.5 Å². The van der Waals surface area contributed by atoms with E-state index in [9.17, 15) is 5.11 Å². The van der Waals surface area contributed by atoms with Gasteiger partial charge in [0, 0.05) is 30.9 Å². The number of hydrogen-bond acceptors (Lipinski definition) is 2. The summed E-state index contributed by atoms with van der Waals surface area (Å²) in [5, 5.41) is 14.3. The van der Waals surface area contributed by atoms with Crippen molar-refractivity contribution in [2.75, 3.05) is 6.61 Å². The summed E-state index contributed by atoms with van der Waals surface area (Å²) < 4.78 is 0. The number of fused-ring (bicyclic) bond motifs is 1. The van der Waals surface area contributed by atoms with Crippen LogP contribution in [-0.4, -0.2) is 22.7 Å². The smallest absolute Gasteiger partial charge is 0.0474 e. The minimum Gasteiger partial charge on any atom is -0.396 e. The third kappa shape index (κ3) is 2.82. The quantitative estimate of drug-likeness (QED) is 0.789. The zero-order valence-electron chi connectivity index (χ0n) is 11.2. The van der Waals surface area contributed by atoms with Gasteiger partial charge in [-0.05, 0) is 47.9 Å². The van der Waals surface area contributed by atoms with Crippen LogP contribution in [0.3, 0.4) is 0 Å². The molecule has 2 unspecified atom stereocenters. The van der Waals surface area contributed by atoms with Crippen molar-refractivity contribution >= 4 is 10.9 Å². The molecule has 0 saturated heterocycles. The summed E-state index contributed by atoms with van der Waals surface area (Å²) in [6, 6.07) is 9.12. The number of benzene rings is 1. The maximum atomic E-state index is 9.43. The standard InChI is InChI=1S/C16H22N2O/c19-11-14-3-1-2-4-15(14)18-10-12-5-6-16-13(9-12)7-8-17-16/h5-9,14-15,17-19H,1-4,10-11H2. The molecule has 0 aliphatic heterocycles. The Morgan fingerprint density at radius 1 is 1.21 bits per heavy atom. The summed E-state index contributed by atoms with van der Waals surface area (Å²) in [5.74, 6) is 0.435. The molecule has 0 amide bonds. The summed E-state index contributed by atoms with van der Waals surface area (Å²) >= 11 is 0. The molecule has 3 heteroatoms. The molecule has 1 saturated carbocycles. The maximum absolute atomic E-state index is 9.43. The predicted octanol–water partition coefficient (Wildman–Crippen LogP) is 2.81. The SMILES string of the molecule is OCC1CCCCC1NCc1ccc2[nH]ccc2c1. The lowest BCUT2D eigenvalue weighted by molar-refractivity contribution is 0.152. The minimum atomic E-state index is 0.314. The Labute approximate surface area is 114 Å². The van der Waals surface area contributed by atoms with Gasteiger partial charge in [-0.3, -0.25) is 0 Å². The number of hydrogen-bond donors (Lipinski definition) is 3. The highest BCUT2D eigenvalue weighted by Crippen LogP contribution is 2.24. The summed E-state index contributed by atoms with van der Waals surface area (Å²) in [6.45, 7) is 1.21. The van der Waals surface area contributed by atoms with E-state index in [2.05, 4.69) is 34.6 Å². The Morgan fingerprint density at radius 3 is 3.00 bits per heavy atom. The van der Waals surface area contributed by atoms with E-state index < -0.39 is 0 Å². The number of H-pyrrole nitrogens is 1. The molecule has 3 N–H and O–H groups in total. The molecule has 2 atom stereocenters. The van der Waals surface area contributed by atoms with E-state index in [-0.39, 0.29) is 0 Å². The average molecular weight is 258 g/mol. The highest BCUT2D eigenvalue weighted by atomic mass is 16.3. The van der Waals surface area contributed by atoms with Gasteiger partial charge in [-0.15, -0.1) is 0 Å². The minimum absolute atomic E-state index is 0.314. The second-order valence-electron chi connectivity index (χ2n) is 5.61. The molecule has 102 valence electrons. The lowest BCUT2D eigenvalue weighted by atomic mass is 9.85.